The second kappa shape index (κ2) is 13.1. The zero-order chi connectivity index (χ0) is 37.0. The van der Waals surface area contributed by atoms with Crippen molar-refractivity contribution in [1.82, 2.24) is 4.98 Å². The molecule has 10 aromatic carbocycles. The number of hydrogen-bond acceptors (Lipinski definition) is 3. The van der Waals surface area contributed by atoms with Gasteiger partial charge in [0.05, 0.1) is 5.69 Å². The molecule has 3 nitrogen and oxygen atoms in total. The zero-order valence-corrected chi connectivity index (χ0v) is 30.4. The van der Waals surface area contributed by atoms with Gasteiger partial charge in [0.15, 0.2) is 5.58 Å². The second-order valence-corrected chi connectivity index (χ2v) is 14.3. The lowest BCUT2D eigenvalue weighted by Crippen LogP contribution is -2.11. The van der Waals surface area contributed by atoms with E-state index >= 15 is 0 Å². The molecule has 0 fully saturated rings. The number of nitrogens with zero attached hydrogens (tertiary/aromatic N) is 2. The van der Waals surface area contributed by atoms with Crippen molar-refractivity contribution in [2.45, 2.75) is 0 Å². The predicted molar refractivity (Wildman–Crippen MR) is 235 cm³/mol. The van der Waals surface area contributed by atoms with Gasteiger partial charge < -0.3 is 9.32 Å². The van der Waals surface area contributed by atoms with Crippen molar-refractivity contribution in [2.24, 2.45) is 0 Å². The Labute approximate surface area is 324 Å². The lowest BCUT2D eigenvalue weighted by molar-refractivity contribution is 0.623. The third-order valence-electron chi connectivity index (χ3n) is 11.1. The van der Waals surface area contributed by atoms with Crippen molar-refractivity contribution in [3.05, 3.63) is 206 Å². The van der Waals surface area contributed by atoms with Gasteiger partial charge in [-0.3, -0.25) is 0 Å². The van der Waals surface area contributed by atoms with Crippen molar-refractivity contribution in [3.63, 3.8) is 0 Å². The van der Waals surface area contributed by atoms with Crippen LogP contribution in [0.15, 0.2) is 211 Å². The van der Waals surface area contributed by atoms with Gasteiger partial charge in [-0.25, -0.2) is 4.98 Å². The molecule has 3 heteroatoms. The van der Waals surface area contributed by atoms with Gasteiger partial charge in [0.25, 0.3) is 0 Å². The molecular weight excluding hydrogens is 681 g/mol. The molecule has 0 aliphatic rings. The van der Waals surface area contributed by atoms with E-state index in [9.17, 15) is 0 Å². The third kappa shape index (κ3) is 5.32. The Morgan fingerprint density at radius 1 is 0.375 bits per heavy atom. The minimum absolute atomic E-state index is 0.631. The quantitative estimate of drug-likeness (QED) is 0.161. The van der Waals surface area contributed by atoms with Gasteiger partial charge in [-0.1, -0.05) is 158 Å². The van der Waals surface area contributed by atoms with Crippen LogP contribution in [0, 0.1) is 0 Å². The van der Waals surface area contributed by atoms with E-state index < -0.39 is 0 Å². The number of para-hydroxylation sites is 1. The number of hydrogen-bond donors (Lipinski definition) is 0. The first-order valence-corrected chi connectivity index (χ1v) is 19.0. The lowest BCUT2D eigenvalue weighted by Gasteiger charge is -2.28. The molecule has 0 N–H and O–H groups in total. The summed E-state index contributed by atoms with van der Waals surface area (Å²) in [5.74, 6) is 0.631. The Balaban J connectivity index is 1.11. The standard InChI is InChI=1S/C53H34N2O/c1-3-12-36(13-4-1)46-19-9-10-21-49(46)55(42-29-26-37(27-30-42)45-20-11-17-35-14-7-8-18-44(35)45)43-31-32-47-41(34-43)25-24-38-22-23-39-28-33-48-52(51(39)50(38)47)56-53(54-48)40-15-5-2-6-16-40/h1-34H. The Morgan fingerprint density at radius 3 is 1.80 bits per heavy atom. The summed E-state index contributed by atoms with van der Waals surface area (Å²) in [4.78, 5) is 7.32. The van der Waals surface area contributed by atoms with E-state index in [1.165, 1.54) is 43.6 Å². The van der Waals surface area contributed by atoms with Crippen molar-refractivity contribution in [1.29, 1.82) is 0 Å². The molecule has 0 atom stereocenters. The van der Waals surface area contributed by atoms with Gasteiger partial charge in [0.2, 0.25) is 5.89 Å². The van der Waals surface area contributed by atoms with E-state index in [1.807, 2.05) is 30.3 Å². The molecule has 0 spiro atoms. The molecule has 0 bridgehead atoms. The first-order chi connectivity index (χ1) is 27.8. The molecule has 11 rings (SSSR count). The van der Waals surface area contributed by atoms with Crippen molar-refractivity contribution >= 4 is 71.3 Å². The van der Waals surface area contributed by atoms with E-state index in [-0.39, 0.29) is 0 Å². The maximum Gasteiger partial charge on any atom is 0.227 e. The lowest BCUT2D eigenvalue weighted by atomic mass is 9.95. The average molecular weight is 715 g/mol. The van der Waals surface area contributed by atoms with Crippen LogP contribution in [0.3, 0.4) is 0 Å². The maximum absolute atomic E-state index is 6.60. The maximum atomic E-state index is 6.60. The fraction of sp³-hybridized carbons (Fsp3) is 0. The highest BCUT2D eigenvalue weighted by Crippen LogP contribution is 2.44. The monoisotopic (exact) mass is 714 g/mol. The van der Waals surface area contributed by atoms with Gasteiger partial charge in [-0.05, 0) is 97.5 Å². The molecule has 0 radical (unpaired) electrons. The van der Waals surface area contributed by atoms with Crippen molar-refractivity contribution in [2.75, 3.05) is 4.90 Å². The van der Waals surface area contributed by atoms with Crippen LogP contribution < -0.4 is 4.90 Å². The van der Waals surface area contributed by atoms with Gasteiger partial charge in [0.1, 0.15) is 5.52 Å². The van der Waals surface area contributed by atoms with Gasteiger partial charge in [-0.15, -0.1) is 0 Å². The molecule has 262 valence electrons. The van der Waals surface area contributed by atoms with E-state index in [0.29, 0.717) is 5.89 Å². The minimum Gasteiger partial charge on any atom is -0.435 e. The summed E-state index contributed by atoms with van der Waals surface area (Å²) in [5, 5.41) is 9.36. The molecule has 11 aromatic rings. The molecule has 0 aliphatic carbocycles. The molecule has 0 amide bonds. The van der Waals surface area contributed by atoms with Crippen molar-refractivity contribution < 1.29 is 4.42 Å². The molecule has 0 unspecified atom stereocenters. The van der Waals surface area contributed by atoms with E-state index in [0.717, 1.165) is 55.4 Å². The van der Waals surface area contributed by atoms with Gasteiger partial charge >= 0.3 is 0 Å². The smallest absolute Gasteiger partial charge is 0.227 e. The molecule has 0 aliphatic heterocycles. The third-order valence-corrected chi connectivity index (χ3v) is 11.1. The summed E-state index contributed by atoms with van der Waals surface area (Å²) >= 11 is 0. The topological polar surface area (TPSA) is 29.3 Å². The van der Waals surface area contributed by atoms with Crippen LogP contribution in [-0.4, -0.2) is 4.98 Å². The first kappa shape index (κ1) is 32.0. The van der Waals surface area contributed by atoms with Crippen LogP contribution in [0.1, 0.15) is 0 Å². The van der Waals surface area contributed by atoms with Gasteiger partial charge in [-0.2, -0.15) is 0 Å². The molecule has 1 heterocycles. The molecule has 1 aromatic heterocycles. The number of aromatic nitrogens is 1. The summed E-state index contributed by atoms with van der Waals surface area (Å²) in [6.07, 6.45) is 0. The normalized spacial score (nSPS) is 11.6. The van der Waals surface area contributed by atoms with Crippen LogP contribution in [0.25, 0.3) is 87.9 Å². The highest BCUT2D eigenvalue weighted by molar-refractivity contribution is 6.26. The van der Waals surface area contributed by atoms with E-state index in [4.69, 9.17) is 9.40 Å². The molecular formula is C53H34N2O. The van der Waals surface area contributed by atoms with Crippen LogP contribution in [-0.2, 0) is 0 Å². The van der Waals surface area contributed by atoms with Crippen molar-refractivity contribution in [3.8, 4) is 33.7 Å². The average Bonchev–Trinajstić information content (AvgIpc) is 3.72. The number of anilines is 3. The van der Waals surface area contributed by atoms with Gasteiger partial charge in [0, 0.05) is 33.3 Å². The van der Waals surface area contributed by atoms with Crippen LogP contribution in [0.2, 0.25) is 0 Å². The fourth-order valence-corrected chi connectivity index (χ4v) is 8.40. The molecule has 0 saturated heterocycles. The Hall–Kier alpha value is -7.49. The van der Waals surface area contributed by atoms with E-state index in [1.54, 1.807) is 0 Å². The zero-order valence-electron chi connectivity index (χ0n) is 30.4. The minimum atomic E-state index is 0.631. The molecule has 0 saturated carbocycles. The summed E-state index contributed by atoms with van der Waals surface area (Å²) in [5.41, 5.74) is 10.7. The number of benzene rings is 10. The Kier molecular flexibility index (Phi) is 7.49. The summed E-state index contributed by atoms with van der Waals surface area (Å²) in [7, 11) is 0. The number of rotatable bonds is 6. The second-order valence-electron chi connectivity index (χ2n) is 14.3. The van der Waals surface area contributed by atoms with Crippen LogP contribution in [0.5, 0.6) is 0 Å². The summed E-state index contributed by atoms with van der Waals surface area (Å²) in [6, 6.07) is 73.6. The van der Waals surface area contributed by atoms with E-state index in [2.05, 4.69) is 181 Å². The highest BCUT2D eigenvalue weighted by atomic mass is 16.3. The SMILES string of the molecule is c1ccc(-c2nc3ccc4ccc5ccc6cc(N(c7ccc(-c8cccc9ccccc89)cc7)c7ccccc7-c7ccccc7)ccc6c5c4c3o2)cc1. The largest absolute Gasteiger partial charge is 0.435 e. The fourth-order valence-electron chi connectivity index (χ4n) is 8.40. The Morgan fingerprint density at radius 2 is 0.982 bits per heavy atom. The number of oxazole rings is 1. The predicted octanol–water partition coefficient (Wildman–Crippen LogP) is 14.9. The first-order valence-electron chi connectivity index (χ1n) is 19.0. The van der Waals surface area contributed by atoms with Crippen LogP contribution in [0.4, 0.5) is 17.1 Å². The Bertz CT molecular complexity index is 3230. The summed E-state index contributed by atoms with van der Waals surface area (Å²) < 4.78 is 6.60. The van der Waals surface area contributed by atoms with Crippen LogP contribution >= 0.6 is 0 Å². The summed E-state index contributed by atoms with van der Waals surface area (Å²) in [6.45, 7) is 0. The highest BCUT2D eigenvalue weighted by Gasteiger charge is 2.20. The molecule has 56 heavy (non-hydrogen) atoms. The number of fused-ring (bicyclic) bond motifs is 8.